The Morgan fingerprint density at radius 3 is 2.32 bits per heavy atom. The summed E-state index contributed by atoms with van der Waals surface area (Å²) in [6.45, 7) is 1.92. The van der Waals surface area contributed by atoms with Crippen LogP contribution in [0.3, 0.4) is 0 Å². The van der Waals surface area contributed by atoms with Gasteiger partial charge in [-0.05, 0) is 18.1 Å². The first kappa shape index (κ1) is 11.7. The topological polar surface area (TPSA) is 49.7 Å². The van der Waals surface area contributed by atoms with Crippen LogP contribution in [0.5, 0.6) is 0 Å². The highest BCUT2D eigenvalue weighted by Gasteiger charge is 2.47. The van der Waals surface area contributed by atoms with Crippen molar-refractivity contribution < 1.29 is 10.0 Å². The van der Waals surface area contributed by atoms with Crippen molar-refractivity contribution in [1.29, 1.82) is 0 Å². The van der Waals surface area contributed by atoms with Crippen molar-refractivity contribution >= 4 is 11.5 Å². The number of nitrogens with zero attached hydrogens (tertiary/aromatic N) is 1. The van der Waals surface area contributed by atoms with Gasteiger partial charge in [0, 0.05) is 5.56 Å². The third-order valence-corrected chi connectivity index (χ3v) is 3.85. The highest BCUT2D eigenvalue weighted by atomic mass is 16.4. The van der Waals surface area contributed by atoms with Gasteiger partial charge >= 0.3 is 0 Å². The zero-order valence-electron chi connectivity index (χ0n) is 10.5. The zero-order chi connectivity index (χ0) is 13.5. The van der Waals surface area contributed by atoms with E-state index in [1.54, 1.807) is 6.07 Å². The van der Waals surface area contributed by atoms with Crippen LogP contribution in [0.1, 0.15) is 28.4 Å². The van der Waals surface area contributed by atoms with E-state index in [1.807, 2.05) is 55.5 Å². The Labute approximate surface area is 111 Å². The van der Waals surface area contributed by atoms with E-state index in [4.69, 9.17) is 0 Å². The van der Waals surface area contributed by atoms with Crippen LogP contribution >= 0.6 is 0 Å². The number of ketones is 1. The molecule has 0 unspecified atom stereocenters. The van der Waals surface area contributed by atoms with Gasteiger partial charge in [0.25, 0.3) is 0 Å². The van der Waals surface area contributed by atoms with Crippen LogP contribution in [0.4, 0.5) is 0 Å². The Morgan fingerprint density at radius 1 is 1.00 bits per heavy atom. The molecule has 94 valence electrons. The van der Waals surface area contributed by atoms with Crippen LogP contribution in [-0.2, 0) is 5.41 Å². The number of fused-ring (bicyclic) bond motifs is 1. The Morgan fingerprint density at radius 2 is 1.63 bits per heavy atom. The molecule has 1 aliphatic carbocycles. The first-order valence-corrected chi connectivity index (χ1v) is 6.12. The second-order valence-electron chi connectivity index (χ2n) is 4.81. The van der Waals surface area contributed by atoms with Crippen LogP contribution in [0, 0.1) is 0 Å². The minimum absolute atomic E-state index is 0.180. The minimum Gasteiger partial charge on any atom is -0.410 e. The molecule has 0 heterocycles. The summed E-state index contributed by atoms with van der Waals surface area (Å²) in [5, 5.41) is 12.6. The summed E-state index contributed by atoms with van der Waals surface area (Å²) in [6, 6.07) is 17.1. The molecule has 2 aromatic rings. The number of hydrogen-bond donors (Lipinski definition) is 1. The van der Waals surface area contributed by atoms with Gasteiger partial charge in [0.05, 0.1) is 5.41 Å². The summed E-state index contributed by atoms with van der Waals surface area (Å²) in [7, 11) is 0. The molecule has 0 fully saturated rings. The summed E-state index contributed by atoms with van der Waals surface area (Å²) in [5.74, 6) is -0.204. The summed E-state index contributed by atoms with van der Waals surface area (Å²) >= 11 is 0. The van der Waals surface area contributed by atoms with Crippen molar-refractivity contribution in [2.24, 2.45) is 5.16 Å². The van der Waals surface area contributed by atoms with Gasteiger partial charge in [-0.3, -0.25) is 4.79 Å². The second kappa shape index (κ2) is 4.05. The van der Waals surface area contributed by atoms with Crippen molar-refractivity contribution in [3.8, 4) is 0 Å². The molecule has 0 bridgehead atoms. The van der Waals surface area contributed by atoms with Crippen LogP contribution in [0.25, 0.3) is 0 Å². The van der Waals surface area contributed by atoms with E-state index in [0.717, 1.165) is 11.1 Å². The minimum atomic E-state index is -0.691. The molecular formula is C16H13NO2. The molecule has 0 radical (unpaired) electrons. The van der Waals surface area contributed by atoms with E-state index < -0.39 is 5.41 Å². The molecule has 0 aromatic heterocycles. The summed E-state index contributed by atoms with van der Waals surface area (Å²) in [5.41, 5.74) is 1.94. The van der Waals surface area contributed by atoms with Crippen LogP contribution < -0.4 is 0 Å². The molecule has 0 saturated heterocycles. The molecule has 19 heavy (non-hydrogen) atoms. The average molecular weight is 251 g/mol. The van der Waals surface area contributed by atoms with Gasteiger partial charge in [-0.15, -0.1) is 0 Å². The van der Waals surface area contributed by atoms with Crippen LogP contribution in [0.2, 0.25) is 0 Å². The maximum Gasteiger partial charge on any atom is 0.212 e. The number of Topliss-reactive ketones (excluding diaryl/α,β-unsaturated/α-hetero) is 1. The van der Waals surface area contributed by atoms with Gasteiger partial charge in [0.15, 0.2) is 0 Å². The van der Waals surface area contributed by atoms with Gasteiger partial charge in [-0.25, -0.2) is 0 Å². The van der Waals surface area contributed by atoms with Crippen molar-refractivity contribution in [1.82, 2.24) is 0 Å². The first-order valence-electron chi connectivity index (χ1n) is 6.12. The Bertz CT molecular complexity index is 676. The number of carbonyl (C=O) groups excluding carboxylic acids is 1. The molecule has 0 aliphatic heterocycles. The van der Waals surface area contributed by atoms with Gasteiger partial charge < -0.3 is 5.21 Å². The monoisotopic (exact) mass is 251 g/mol. The standard InChI is InChI=1S/C16H13NO2/c1-16(11-7-3-2-4-8-11)13-10-6-5-9-12(13)14(18)15(16)17-19/h2-10,19H,1H3/b17-15-/t16-/m0/s1. The van der Waals surface area contributed by atoms with Gasteiger partial charge in [-0.1, -0.05) is 59.8 Å². The fourth-order valence-corrected chi connectivity index (χ4v) is 2.81. The SMILES string of the molecule is C[C@@]1(c2ccccc2)/C(=N\O)C(=O)c2ccccc21. The van der Waals surface area contributed by atoms with Crippen molar-refractivity contribution in [3.05, 3.63) is 71.3 Å². The fourth-order valence-electron chi connectivity index (χ4n) is 2.81. The molecular weight excluding hydrogens is 238 g/mol. The van der Waals surface area contributed by atoms with E-state index in [2.05, 4.69) is 5.16 Å². The predicted molar refractivity (Wildman–Crippen MR) is 72.9 cm³/mol. The third kappa shape index (κ3) is 1.45. The normalized spacial score (nSPS) is 23.6. The fraction of sp³-hybridized carbons (Fsp3) is 0.125. The highest BCUT2D eigenvalue weighted by molar-refractivity contribution is 6.52. The van der Waals surface area contributed by atoms with E-state index in [0.29, 0.717) is 5.56 Å². The maximum absolute atomic E-state index is 12.3. The lowest BCUT2D eigenvalue weighted by Gasteiger charge is -2.25. The first-order chi connectivity index (χ1) is 9.19. The lowest BCUT2D eigenvalue weighted by atomic mass is 9.76. The summed E-state index contributed by atoms with van der Waals surface area (Å²) in [4.78, 5) is 12.3. The van der Waals surface area contributed by atoms with Crippen LogP contribution in [0.15, 0.2) is 59.8 Å². The van der Waals surface area contributed by atoms with Gasteiger partial charge in [0.2, 0.25) is 5.78 Å². The smallest absolute Gasteiger partial charge is 0.212 e. The van der Waals surface area contributed by atoms with Crippen molar-refractivity contribution in [2.45, 2.75) is 12.3 Å². The molecule has 3 nitrogen and oxygen atoms in total. The van der Waals surface area contributed by atoms with Crippen molar-refractivity contribution in [3.63, 3.8) is 0 Å². The van der Waals surface area contributed by atoms with Crippen LogP contribution in [-0.4, -0.2) is 16.7 Å². The zero-order valence-corrected chi connectivity index (χ0v) is 10.5. The third-order valence-electron chi connectivity index (χ3n) is 3.85. The molecule has 3 rings (SSSR count). The Kier molecular flexibility index (Phi) is 2.49. The Hall–Kier alpha value is -2.42. The molecule has 1 aliphatic rings. The number of rotatable bonds is 1. The summed E-state index contributed by atoms with van der Waals surface area (Å²) < 4.78 is 0. The quantitative estimate of drug-likeness (QED) is 0.625. The molecule has 0 spiro atoms. The Balaban J connectivity index is 2.33. The molecule has 1 N–H and O–H groups in total. The van der Waals surface area contributed by atoms with E-state index in [1.165, 1.54) is 0 Å². The van der Waals surface area contributed by atoms with E-state index in [9.17, 15) is 10.0 Å². The molecule has 0 amide bonds. The number of hydrogen-bond acceptors (Lipinski definition) is 3. The lowest BCUT2D eigenvalue weighted by molar-refractivity contribution is 0.106. The van der Waals surface area contributed by atoms with E-state index in [-0.39, 0.29) is 11.5 Å². The summed E-state index contributed by atoms with van der Waals surface area (Å²) in [6.07, 6.45) is 0. The number of oxime groups is 1. The molecule has 2 aromatic carbocycles. The maximum atomic E-state index is 12.3. The van der Waals surface area contributed by atoms with E-state index >= 15 is 0 Å². The van der Waals surface area contributed by atoms with Gasteiger partial charge in [-0.2, -0.15) is 0 Å². The largest absolute Gasteiger partial charge is 0.410 e. The number of carbonyl (C=O) groups is 1. The second-order valence-corrected chi connectivity index (χ2v) is 4.81. The van der Waals surface area contributed by atoms with Crippen molar-refractivity contribution in [2.75, 3.05) is 0 Å². The number of benzene rings is 2. The molecule has 1 atom stereocenters. The highest BCUT2D eigenvalue weighted by Crippen LogP contribution is 2.41. The molecule has 3 heteroatoms. The predicted octanol–water partition coefficient (Wildman–Crippen LogP) is 3.02. The van der Waals surface area contributed by atoms with Gasteiger partial charge in [0.1, 0.15) is 5.71 Å². The molecule has 0 saturated carbocycles. The lowest BCUT2D eigenvalue weighted by Crippen LogP contribution is -2.32. The average Bonchev–Trinajstić information content (AvgIpc) is 2.70.